The standard InChI is InChI=1S/C24H23N2O/c1-13-8-9-19-20-12-18(25-6)10-15(3)23(20)27-24(19)22(13)21-11-14(2)16(4)17(5)26(21)7/h8-12H,1-5,7H3/q+1/i4D3,11D. The van der Waals surface area contributed by atoms with Crippen molar-refractivity contribution in [2.24, 2.45) is 7.05 Å². The SMILES string of the molecule is [2H]c1c(C)c(C([2H])([2H])[2H])c(C)[n+](C)c1-c1c(C)ccc2c1oc1c(C)cc([N+]#[C-])cc12. The molecule has 0 aliphatic carbocycles. The molecule has 3 nitrogen and oxygen atoms in total. The van der Waals surface area contributed by atoms with Crippen molar-refractivity contribution < 1.29 is 14.5 Å². The number of pyridine rings is 1. The van der Waals surface area contributed by atoms with Gasteiger partial charge in [0.1, 0.15) is 18.2 Å². The predicted octanol–water partition coefficient (Wildman–Crippen LogP) is 6.17. The molecule has 4 rings (SSSR count). The number of aromatic nitrogens is 1. The van der Waals surface area contributed by atoms with Gasteiger partial charge in [-0.3, -0.25) is 0 Å². The van der Waals surface area contributed by atoms with E-state index in [0.29, 0.717) is 28.2 Å². The molecule has 0 saturated heterocycles. The number of nitrogens with zero attached hydrogens (tertiary/aromatic N) is 2. The lowest BCUT2D eigenvalue weighted by Crippen LogP contribution is -2.36. The van der Waals surface area contributed by atoms with Crippen molar-refractivity contribution in [1.29, 1.82) is 0 Å². The molecular formula is C24H23N2O+. The first kappa shape index (κ1) is 13.1. The third kappa shape index (κ3) is 2.44. The molecule has 4 aromatic rings. The maximum absolute atomic E-state index is 8.85. The molecule has 2 heterocycles. The van der Waals surface area contributed by atoms with E-state index in [1.165, 1.54) is 0 Å². The average molecular weight is 359 g/mol. The summed E-state index contributed by atoms with van der Waals surface area (Å²) in [6.45, 7) is 12.4. The van der Waals surface area contributed by atoms with E-state index >= 15 is 0 Å². The number of hydrogen-bond donors (Lipinski definition) is 0. The first-order valence-electron chi connectivity index (χ1n) is 10.8. The van der Waals surface area contributed by atoms with Gasteiger partial charge >= 0.3 is 0 Å². The Labute approximate surface area is 165 Å². The molecule has 0 aliphatic rings. The molecule has 0 unspecified atom stereocenters. The minimum atomic E-state index is -2.30. The lowest BCUT2D eigenvalue weighted by molar-refractivity contribution is -0.667. The van der Waals surface area contributed by atoms with E-state index in [1.54, 1.807) is 31.5 Å². The van der Waals surface area contributed by atoms with E-state index in [9.17, 15) is 0 Å². The quantitative estimate of drug-likeness (QED) is 0.294. The van der Waals surface area contributed by atoms with Crippen LogP contribution in [-0.2, 0) is 7.05 Å². The molecule has 0 bridgehead atoms. The Morgan fingerprint density at radius 2 is 1.81 bits per heavy atom. The first-order chi connectivity index (χ1) is 14.5. The molecule has 0 aliphatic heterocycles. The van der Waals surface area contributed by atoms with E-state index in [0.717, 1.165) is 33.0 Å². The molecule has 27 heavy (non-hydrogen) atoms. The first-order valence-corrected chi connectivity index (χ1v) is 8.82. The summed E-state index contributed by atoms with van der Waals surface area (Å²) in [5, 5.41) is 1.74. The van der Waals surface area contributed by atoms with Crippen LogP contribution >= 0.6 is 0 Å². The summed E-state index contributed by atoms with van der Waals surface area (Å²) in [5.41, 5.74) is 6.38. The molecule has 0 saturated carbocycles. The molecular weight excluding hydrogens is 332 g/mol. The molecule has 3 heteroatoms. The van der Waals surface area contributed by atoms with Crippen molar-refractivity contribution in [2.45, 2.75) is 34.5 Å². The Balaban J connectivity index is 2.18. The van der Waals surface area contributed by atoms with Crippen LogP contribution in [0.1, 0.15) is 33.4 Å². The number of benzene rings is 2. The molecule has 0 fully saturated rings. The van der Waals surface area contributed by atoms with Crippen molar-refractivity contribution in [3.63, 3.8) is 0 Å². The summed E-state index contributed by atoms with van der Waals surface area (Å²) in [4.78, 5) is 3.57. The monoisotopic (exact) mass is 359 g/mol. The predicted molar refractivity (Wildman–Crippen MR) is 110 cm³/mol. The van der Waals surface area contributed by atoms with Crippen LogP contribution in [0.5, 0.6) is 0 Å². The van der Waals surface area contributed by atoms with E-state index in [4.69, 9.17) is 16.5 Å². The number of hydrogen-bond acceptors (Lipinski definition) is 1. The summed E-state index contributed by atoms with van der Waals surface area (Å²) in [6, 6.07) is 7.77. The minimum Gasteiger partial charge on any atom is -0.455 e. The smallest absolute Gasteiger partial charge is 0.216 e. The largest absolute Gasteiger partial charge is 0.455 e. The van der Waals surface area contributed by atoms with Crippen LogP contribution < -0.4 is 4.57 Å². The highest BCUT2D eigenvalue weighted by atomic mass is 16.3. The van der Waals surface area contributed by atoms with Crippen molar-refractivity contribution in [3.8, 4) is 11.3 Å². The van der Waals surface area contributed by atoms with Crippen molar-refractivity contribution >= 4 is 27.6 Å². The maximum Gasteiger partial charge on any atom is 0.216 e. The van der Waals surface area contributed by atoms with Crippen LogP contribution in [0, 0.1) is 41.1 Å². The second-order valence-electron chi connectivity index (χ2n) is 7.11. The van der Waals surface area contributed by atoms with Gasteiger partial charge in [-0.25, -0.2) is 4.85 Å². The number of aryl methyl sites for hydroxylation is 2. The lowest BCUT2D eigenvalue weighted by atomic mass is 9.97. The molecule has 0 amide bonds. The van der Waals surface area contributed by atoms with Crippen molar-refractivity contribution in [2.75, 3.05) is 0 Å². The van der Waals surface area contributed by atoms with E-state index < -0.39 is 6.85 Å². The summed E-state index contributed by atoms with van der Waals surface area (Å²) in [6.07, 6.45) is 0. The Morgan fingerprint density at radius 1 is 1.04 bits per heavy atom. The third-order valence-electron chi connectivity index (χ3n) is 5.37. The highest BCUT2D eigenvalue weighted by Crippen LogP contribution is 2.39. The van der Waals surface area contributed by atoms with Crippen LogP contribution in [0.3, 0.4) is 0 Å². The van der Waals surface area contributed by atoms with Crippen LogP contribution in [0.15, 0.2) is 34.7 Å². The molecule has 0 N–H and O–H groups in total. The molecule has 2 aromatic carbocycles. The van der Waals surface area contributed by atoms with Crippen LogP contribution in [0.25, 0.3) is 38.0 Å². The van der Waals surface area contributed by atoms with Crippen molar-refractivity contribution in [3.05, 3.63) is 69.7 Å². The Bertz CT molecular complexity index is 1410. The average Bonchev–Trinajstić information content (AvgIpc) is 3.06. The molecule has 0 radical (unpaired) electrons. The van der Waals surface area contributed by atoms with Gasteiger partial charge in [0.15, 0.2) is 11.4 Å². The van der Waals surface area contributed by atoms with Gasteiger partial charge in [0.2, 0.25) is 5.69 Å². The van der Waals surface area contributed by atoms with Gasteiger partial charge in [-0.2, -0.15) is 4.57 Å². The topological polar surface area (TPSA) is 21.4 Å². The fraction of sp³-hybridized carbons (Fsp3) is 0.250. The zero-order chi connectivity index (χ0) is 22.8. The summed E-state index contributed by atoms with van der Waals surface area (Å²) >= 11 is 0. The van der Waals surface area contributed by atoms with Crippen LogP contribution in [0.4, 0.5) is 5.69 Å². The second-order valence-corrected chi connectivity index (χ2v) is 7.11. The van der Waals surface area contributed by atoms with Gasteiger partial charge in [-0.1, -0.05) is 12.1 Å². The Morgan fingerprint density at radius 3 is 2.52 bits per heavy atom. The summed E-state index contributed by atoms with van der Waals surface area (Å²) < 4.78 is 40.7. The van der Waals surface area contributed by atoms with Gasteiger partial charge in [-0.05, 0) is 56.4 Å². The zero-order valence-electron chi connectivity index (χ0n) is 20.1. The van der Waals surface area contributed by atoms with E-state index in [2.05, 4.69) is 4.85 Å². The third-order valence-corrected chi connectivity index (χ3v) is 5.37. The Kier molecular flexibility index (Phi) is 2.89. The number of rotatable bonds is 1. The maximum atomic E-state index is 8.85. The van der Waals surface area contributed by atoms with Gasteiger partial charge < -0.3 is 4.42 Å². The van der Waals surface area contributed by atoms with Crippen molar-refractivity contribution in [1.82, 2.24) is 0 Å². The second kappa shape index (κ2) is 5.96. The highest BCUT2D eigenvalue weighted by molar-refractivity contribution is 6.11. The van der Waals surface area contributed by atoms with E-state index in [-0.39, 0.29) is 11.6 Å². The molecule has 0 spiro atoms. The van der Waals surface area contributed by atoms with Gasteiger partial charge in [0.05, 0.1) is 13.5 Å². The normalized spacial score (nSPS) is 13.9. The van der Waals surface area contributed by atoms with Crippen LogP contribution in [0.2, 0.25) is 0 Å². The molecule has 134 valence electrons. The number of fused-ring (bicyclic) bond motifs is 3. The van der Waals surface area contributed by atoms with Gasteiger partial charge in [0.25, 0.3) is 0 Å². The fourth-order valence-electron chi connectivity index (χ4n) is 3.71. The number of furan rings is 1. The zero-order valence-corrected chi connectivity index (χ0v) is 16.1. The van der Waals surface area contributed by atoms with Gasteiger partial charge in [0, 0.05) is 33.4 Å². The molecule has 0 atom stereocenters. The summed E-state index contributed by atoms with van der Waals surface area (Å²) in [7, 11) is 1.79. The van der Waals surface area contributed by atoms with E-state index in [1.807, 2.05) is 32.0 Å². The van der Waals surface area contributed by atoms with Gasteiger partial charge in [-0.15, -0.1) is 0 Å². The minimum absolute atomic E-state index is 0.175. The van der Waals surface area contributed by atoms with Crippen LogP contribution in [-0.4, -0.2) is 0 Å². The Hall–Kier alpha value is -3.12. The lowest BCUT2D eigenvalue weighted by Gasteiger charge is -2.10. The highest BCUT2D eigenvalue weighted by Gasteiger charge is 2.23. The summed E-state index contributed by atoms with van der Waals surface area (Å²) in [5.74, 6) is 0. The fourth-order valence-corrected chi connectivity index (χ4v) is 3.71. The molecule has 2 aromatic heterocycles.